The first-order chi connectivity index (χ1) is 7.99. The normalized spacial score (nSPS) is 24.8. The average molecular weight is 263 g/mol. The van der Waals surface area contributed by atoms with Gasteiger partial charge in [-0.1, -0.05) is 6.92 Å². The molecule has 1 heterocycles. The van der Waals surface area contributed by atoms with Gasteiger partial charge >= 0.3 is 0 Å². The minimum absolute atomic E-state index is 0.00433. The summed E-state index contributed by atoms with van der Waals surface area (Å²) in [6.07, 6.45) is 2.87. The van der Waals surface area contributed by atoms with E-state index in [-0.39, 0.29) is 6.04 Å². The van der Waals surface area contributed by atoms with E-state index in [2.05, 4.69) is 10.0 Å². The van der Waals surface area contributed by atoms with Crippen molar-refractivity contribution in [3.8, 4) is 0 Å². The Morgan fingerprint density at radius 3 is 2.76 bits per heavy atom. The van der Waals surface area contributed by atoms with E-state index in [0.717, 1.165) is 25.8 Å². The standard InChI is InChI=1S/C11H25N3O2S/c1-4-10(2)13-17(15,16)14-7-5-6-11(9-14)8-12-3/h10-13H,4-9H2,1-3H3. The molecule has 1 aliphatic heterocycles. The summed E-state index contributed by atoms with van der Waals surface area (Å²) in [4.78, 5) is 0. The second-order valence-electron chi connectivity index (χ2n) is 4.86. The van der Waals surface area contributed by atoms with Crippen LogP contribution in [0, 0.1) is 5.92 Å². The Balaban J connectivity index is 2.58. The molecule has 0 aliphatic carbocycles. The molecular formula is C11H25N3O2S. The van der Waals surface area contributed by atoms with Crippen LogP contribution in [0.2, 0.25) is 0 Å². The van der Waals surface area contributed by atoms with E-state index < -0.39 is 10.2 Å². The number of hydrogen-bond donors (Lipinski definition) is 2. The summed E-state index contributed by atoms with van der Waals surface area (Å²) in [5.41, 5.74) is 0. The van der Waals surface area contributed by atoms with Crippen molar-refractivity contribution in [1.82, 2.24) is 14.3 Å². The molecule has 0 amide bonds. The van der Waals surface area contributed by atoms with Crippen LogP contribution in [0.1, 0.15) is 33.1 Å². The maximum Gasteiger partial charge on any atom is 0.279 e. The van der Waals surface area contributed by atoms with E-state index >= 15 is 0 Å². The quantitative estimate of drug-likeness (QED) is 0.736. The SMILES string of the molecule is CCC(C)NS(=O)(=O)N1CCCC(CNC)C1. The van der Waals surface area contributed by atoms with Crippen molar-refractivity contribution in [3.05, 3.63) is 0 Å². The number of piperidine rings is 1. The molecule has 17 heavy (non-hydrogen) atoms. The molecular weight excluding hydrogens is 238 g/mol. The predicted octanol–water partition coefficient (Wildman–Crippen LogP) is 0.551. The van der Waals surface area contributed by atoms with Gasteiger partial charge in [-0.25, -0.2) is 0 Å². The van der Waals surface area contributed by atoms with Crippen molar-refractivity contribution in [2.24, 2.45) is 5.92 Å². The number of nitrogens with one attached hydrogen (secondary N) is 2. The summed E-state index contributed by atoms with van der Waals surface area (Å²) < 4.78 is 28.5. The zero-order chi connectivity index (χ0) is 12.9. The maximum absolute atomic E-state index is 12.1. The third-order valence-electron chi connectivity index (χ3n) is 3.28. The molecule has 0 aromatic heterocycles. The van der Waals surface area contributed by atoms with E-state index in [4.69, 9.17) is 0 Å². The smallest absolute Gasteiger partial charge is 0.279 e. The molecule has 0 radical (unpaired) electrons. The first kappa shape index (κ1) is 14.9. The molecule has 0 spiro atoms. The Bertz CT molecular complexity index is 317. The van der Waals surface area contributed by atoms with Crippen molar-refractivity contribution < 1.29 is 8.42 Å². The summed E-state index contributed by atoms with van der Waals surface area (Å²) in [7, 11) is -1.38. The molecule has 1 rings (SSSR count). The molecule has 0 saturated carbocycles. The Labute approximate surface area is 105 Å². The monoisotopic (exact) mass is 263 g/mol. The maximum atomic E-state index is 12.1. The van der Waals surface area contributed by atoms with Gasteiger partial charge in [-0.15, -0.1) is 0 Å². The summed E-state index contributed by atoms with van der Waals surface area (Å²) in [5.74, 6) is 0.433. The fourth-order valence-electron chi connectivity index (χ4n) is 2.11. The van der Waals surface area contributed by atoms with Gasteiger partial charge in [0.05, 0.1) is 0 Å². The fraction of sp³-hybridized carbons (Fsp3) is 1.00. The highest BCUT2D eigenvalue weighted by Gasteiger charge is 2.29. The first-order valence-electron chi connectivity index (χ1n) is 6.41. The summed E-state index contributed by atoms with van der Waals surface area (Å²) in [6.45, 7) is 6.04. The highest BCUT2D eigenvalue weighted by molar-refractivity contribution is 7.87. The molecule has 1 saturated heterocycles. The van der Waals surface area contributed by atoms with Crippen molar-refractivity contribution in [2.45, 2.75) is 39.2 Å². The Hall–Kier alpha value is -0.170. The third-order valence-corrected chi connectivity index (χ3v) is 4.99. The molecule has 2 atom stereocenters. The Morgan fingerprint density at radius 1 is 1.47 bits per heavy atom. The van der Waals surface area contributed by atoms with Gasteiger partial charge < -0.3 is 5.32 Å². The van der Waals surface area contributed by atoms with Gasteiger partial charge in [-0.3, -0.25) is 0 Å². The third kappa shape index (κ3) is 4.54. The van der Waals surface area contributed by atoms with E-state index in [1.54, 1.807) is 4.31 Å². The molecule has 2 N–H and O–H groups in total. The lowest BCUT2D eigenvalue weighted by Crippen LogP contribution is -2.49. The highest BCUT2D eigenvalue weighted by Crippen LogP contribution is 2.18. The Morgan fingerprint density at radius 2 is 2.18 bits per heavy atom. The molecule has 102 valence electrons. The van der Waals surface area contributed by atoms with Gasteiger partial charge in [-0.2, -0.15) is 17.4 Å². The van der Waals surface area contributed by atoms with E-state index in [0.29, 0.717) is 19.0 Å². The minimum Gasteiger partial charge on any atom is -0.319 e. The van der Waals surface area contributed by atoms with Crippen LogP contribution >= 0.6 is 0 Å². The van der Waals surface area contributed by atoms with Crippen LogP contribution < -0.4 is 10.0 Å². The molecule has 0 aromatic rings. The lowest BCUT2D eigenvalue weighted by Gasteiger charge is -2.32. The van der Waals surface area contributed by atoms with Crippen LogP contribution in [-0.2, 0) is 10.2 Å². The van der Waals surface area contributed by atoms with Gasteiger partial charge in [0, 0.05) is 19.1 Å². The molecule has 1 fully saturated rings. The van der Waals surface area contributed by atoms with Gasteiger partial charge in [0.15, 0.2) is 0 Å². The van der Waals surface area contributed by atoms with Crippen LogP contribution in [0.25, 0.3) is 0 Å². The number of nitrogens with zero attached hydrogens (tertiary/aromatic N) is 1. The van der Waals surface area contributed by atoms with Crippen LogP contribution in [0.4, 0.5) is 0 Å². The van der Waals surface area contributed by atoms with E-state index in [1.807, 2.05) is 20.9 Å². The first-order valence-corrected chi connectivity index (χ1v) is 7.85. The van der Waals surface area contributed by atoms with Crippen LogP contribution in [0.15, 0.2) is 0 Å². The second-order valence-corrected chi connectivity index (χ2v) is 6.56. The minimum atomic E-state index is -3.29. The fourth-order valence-corrected chi connectivity index (χ4v) is 3.71. The van der Waals surface area contributed by atoms with Gasteiger partial charge in [0.2, 0.25) is 0 Å². The largest absolute Gasteiger partial charge is 0.319 e. The summed E-state index contributed by atoms with van der Waals surface area (Å²) in [5, 5.41) is 3.12. The topological polar surface area (TPSA) is 61.4 Å². The molecule has 6 heteroatoms. The molecule has 1 aliphatic rings. The van der Waals surface area contributed by atoms with E-state index in [9.17, 15) is 8.42 Å². The number of hydrogen-bond acceptors (Lipinski definition) is 3. The van der Waals surface area contributed by atoms with Crippen molar-refractivity contribution in [3.63, 3.8) is 0 Å². The Kier molecular flexibility index (Phi) is 5.85. The lowest BCUT2D eigenvalue weighted by molar-refractivity contribution is 0.259. The van der Waals surface area contributed by atoms with Crippen molar-refractivity contribution >= 4 is 10.2 Å². The zero-order valence-electron chi connectivity index (χ0n) is 11.1. The van der Waals surface area contributed by atoms with Gasteiger partial charge in [0.1, 0.15) is 0 Å². The van der Waals surface area contributed by atoms with Crippen molar-refractivity contribution in [1.29, 1.82) is 0 Å². The zero-order valence-corrected chi connectivity index (χ0v) is 11.9. The molecule has 0 aromatic carbocycles. The highest BCUT2D eigenvalue weighted by atomic mass is 32.2. The van der Waals surface area contributed by atoms with Gasteiger partial charge in [0.25, 0.3) is 10.2 Å². The van der Waals surface area contributed by atoms with Crippen LogP contribution in [0.5, 0.6) is 0 Å². The molecule has 0 bridgehead atoms. The van der Waals surface area contributed by atoms with Crippen molar-refractivity contribution in [2.75, 3.05) is 26.7 Å². The summed E-state index contributed by atoms with van der Waals surface area (Å²) in [6, 6.07) is 0.00433. The van der Waals surface area contributed by atoms with Gasteiger partial charge in [-0.05, 0) is 45.7 Å². The average Bonchev–Trinajstić information content (AvgIpc) is 2.29. The van der Waals surface area contributed by atoms with E-state index in [1.165, 1.54) is 0 Å². The lowest BCUT2D eigenvalue weighted by atomic mass is 10.00. The predicted molar refractivity (Wildman–Crippen MR) is 70.0 cm³/mol. The number of rotatable bonds is 6. The second kappa shape index (κ2) is 6.68. The summed E-state index contributed by atoms with van der Waals surface area (Å²) >= 11 is 0. The van der Waals surface area contributed by atoms with Crippen LogP contribution in [0.3, 0.4) is 0 Å². The molecule has 2 unspecified atom stereocenters. The van der Waals surface area contributed by atoms with Crippen LogP contribution in [-0.4, -0.2) is 45.4 Å². The molecule has 5 nitrogen and oxygen atoms in total.